The van der Waals surface area contributed by atoms with E-state index in [4.69, 9.17) is 27.9 Å². The van der Waals surface area contributed by atoms with Crippen LogP contribution in [0.1, 0.15) is 19.3 Å². The van der Waals surface area contributed by atoms with Gasteiger partial charge in [-0.05, 0) is 37.5 Å². The van der Waals surface area contributed by atoms with Gasteiger partial charge in [-0.2, -0.15) is 0 Å². The van der Waals surface area contributed by atoms with E-state index in [-0.39, 0.29) is 36.1 Å². The van der Waals surface area contributed by atoms with Gasteiger partial charge in [0.2, 0.25) is 0 Å². The van der Waals surface area contributed by atoms with Crippen LogP contribution in [0.15, 0.2) is 18.2 Å². The third-order valence-electron chi connectivity index (χ3n) is 4.03. The van der Waals surface area contributed by atoms with E-state index in [9.17, 15) is 13.2 Å². The van der Waals surface area contributed by atoms with Gasteiger partial charge >= 0.3 is 0 Å². The second-order valence-electron chi connectivity index (χ2n) is 5.98. The van der Waals surface area contributed by atoms with Crippen LogP contribution in [0.5, 0.6) is 5.75 Å². The van der Waals surface area contributed by atoms with Gasteiger partial charge in [-0.3, -0.25) is 4.79 Å². The predicted octanol–water partition coefficient (Wildman–Crippen LogP) is 2.55. The van der Waals surface area contributed by atoms with Crippen molar-refractivity contribution in [3.05, 3.63) is 28.2 Å². The highest BCUT2D eigenvalue weighted by Gasteiger charge is 2.42. The van der Waals surface area contributed by atoms with Gasteiger partial charge in [-0.15, -0.1) is 0 Å². The number of halogens is 2. The average molecular weight is 378 g/mol. The average Bonchev–Trinajstić information content (AvgIpc) is 3.20. The smallest absolute Gasteiger partial charge is 0.261 e. The van der Waals surface area contributed by atoms with Crippen LogP contribution in [-0.2, 0) is 14.6 Å². The van der Waals surface area contributed by atoms with E-state index in [0.717, 1.165) is 12.8 Å². The number of hydrogen-bond donors (Lipinski definition) is 0. The first-order valence-corrected chi connectivity index (χ1v) is 10.0. The third-order valence-corrected chi connectivity index (χ3v) is 6.22. The molecule has 0 aromatic heterocycles. The van der Waals surface area contributed by atoms with E-state index in [1.807, 2.05) is 0 Å². The molecule has 1 aliphatic heterocycles. The van der Waals surface area contributed by atoms with Crippen LogP contribution in [0.4, 0.5) is 0 Å². The molecule has 1 saturated carbocycles. The molecule has 0 unspecified atom stereocenters. The Morgan fingerprint density at radius 2 is 1.78 bits per heavy atom. The fraction of sp³-hybridized carbons (Fsp3) is 0.533. The van der Waals surface area contributed by atoms with Crippen molar-refractivity contribution in [3.63, 3.8) is 0 Å². The highest BCUT2D eigenvalue weighted by atomic mass is 35.5. The summed E-state index contributed by atoms with van der Waals surface area (Å²) in [5, 5.41) is 0.863. The van der Waals surface area contributed by atoms with Gasteiger partial charge in [0, 0.05) is 22.1 Å². The van der Waals surface area contributed by atoms with E-state index in [0.29, 0.717) is 22.2 Å². The minimum absolute atomic E-state index is 0.0538. The minimum Gasteiger partial charge on any atom is -0.484 e. The fourth-order valence-electron chi connectivity index (χ4n) is 2.88. The zero-order valence-corrected chi connectivity index (χ0v) is 14.7. The Labute approximate surface area is 145 Å². The van der Waals surface area contributed by atoms with Crippen LogP contribution >= 0.6 is 23.2 Å². The first kappa shape index (κ1) is 16.9. The molecule has 126 valence electrons. The second kappa shape index (κ2) is 6.49. The van der Waals surface area contributed by atoms with E-state index >= 15 is 0 Å². The minimum atomic E-state index is -3.03. The molecule has 1 atom stereocenters. The summed E-state index contributed by atoms with van der Waals surface area (Å²) in [4.78, 5) is 14.2. The number of carbonyl (C=O) groups is 1. The highest BCUT2D eigenvalue weighted by Crippen LogP contribution is 2.32. The van der Waals surface area contributed by atoms with Gasteiger partial charge < -0.3 is 9.64 Å². The van der Waals surface area contributed by atoms with Crippen LogP contribution in [0.3, 0.4) is 0 Å². The van der Waals surface area contributed by atoms with Gasteiger partial charge in [-0.1, -0.05) is 23.2 Å². The lowest BCUT2D eigenvalue weighted by molar-refractivity contribution is -0.135. The highest BCUT2D eigenvalue weighted by molar-refractivity contribution is 7.91. The molecule has 3 rings (SSSR count). The van der Waals surface area contributed by atoms with Crippen molar-refractivity contribution in [2.75, 3.05) is 18.1 Å². The molecular weight excluding hydrogens is 361 g/mol. The molecule has 23 heavy (non-hydrogen) atoms. The molecule has 8 heteroatoms. The first-order chi connectivity index (χ1) is 10.8. The summed E-state index contributed by atoms with van der Waals surface area (Å²) in [7, 11) is -3.03. The lowest BCUT2D eigenvalue weighted by atomic mass is 10.2. The van der Waals surface area contributed by atoms with Crippen LogP contribution in [0, 0.1) is 0 Å². The fourth-order valence-corrected chi connectivity index (χ4v) is 5.10. The van der Waals surface area contributed by atoms with Gasteiger partial charge in [0.1, 0.15) is 5.75 Å². The van der Waals surface area contributed by atoms with Crippen molar-refractivity contribution in [2.24, 2.45) is 0 Å². The van der Waals surface area contributed by atoms with Crippen LogP contribution in [-0.4, -0.2) is 49.4 Å². The summed E-state index contributed by atoms with van der Waals surface area (Å²) in [6.45, 7) is -0.149. The van der Waals surface area contributed by atoms with Gasteiger partial charge in [0.05, 0.1) is 11.5 Å². The molecule has 2 fully saturated rings. The lowest BCUT2D eigenvalue weighted by Gasteiger charge is -2.28. The lowest BCUT2D eigenvalue weighted by Crippen LogP contribution is -2.45. The number of sulfone groups is 1. The van der Waals surface area contributed by atoms with E-state index in [1.165, 1.54) is 0 Å². The first-order valence-electron chi connectivity index (χ1n) is 7.44. The molecule has 1 saturated heterocycles. The normalized spacial score (nSPS) is 22.8. The molecule has 0 N–H and O–H groups in total. The number of benzene rings is 1. The maximum Gasteiger partial charge on any atom is 0.261 e. The largest absolute Gasteiger partial charge is 0.484 e. The molecule has 0 radical (unpaired) electrons. The quantitative estimate of drug-likeness (QED) is 0.790. The molecule has 2 aliphatic rings. The Bertz CT molecular complexity index is 698. The van der Waals surface area contributed by atoms with E-state index < -0.39 is 9.84 Å². The predicted molar refractivity (Wildman–Crippen MR) is 88.9 cm³/mol. The molecule has 1 heterocycles. The maximum absolute atomic E-state index is 12.5. The number of amides is 1. The summed E-state index contributed by atoms with van der Waals surface area (Å²) >= 11 is 11.8. The molecular formula is C15H17Cl2NO4S. The molecule has 1 aliphatic carbocycles. The Hall–Kier alpha value is -0.980. The SMILES string of the molecule is O=C(COc1cc(Cl)cc(Cl)c1)N(C1CC1)[C@@H]1CCS(=O)(=O)C1. The van der Waals surface area contributed by atoms with Crippen molar-refractivity contribution in [3.8, 4) is 5.75 Å². The Morgan fingerprint density at radius 1 is 1.13 bits per heavy atom. The summed E-state index contributed by atoms with van der Waals surface area (Å²) in [5.74, 6) is 0.438. The molecule has 0 bridgehead atoms. The van der Waals surface area contributed by atoms with E-state index in [2.05, 4.69) is 0 Å². The van der Waals surface area contributed by atoms with Crippen molar-refractivity contribution in [1.29, 1.82) is 0 Å². The Morgan fingerprint density at radius 3 is 2.30 bits per heavy atom. The summed E-state index contributed by atoms with van der Waals surface area (Å²) in [5.41, 5.74) is 0. The van der Waals surface area contributed by atoms with Crippen molar-refractivity contribution in [2.45, 2.75) is 31.3 Å². The number of rotatable bonds is 5. The van der Waals surface area contributed by atoms with Crippen LogP contribution < -0.4 is 4.74 Å². The van der Waals surface area contributed by atoms with Gasteiger partial charge in [0.25, 0.3) is 5.91 Å². The van der Waals surface area contributed by atoms with Crippen molar-refractivity contribution < 1.29 is 17.9 Å². The maximum atomic E-state index is 12.5. The third kappa shape index (κ3) is 4.31. The standard InChI is InChI=1S/C15H17Cl2NO4S/c16-10-5-11(17)7-14(6-10)22-8-15(19)18(12-1-2-12)13-3-4-23(20,21)9-13/h5-7,12-13H,1-4,8-9H2/t13-/m1/s1. The molecule has 1 amide bonds. The molecule has 1 aromatic carbocycles. The van der Waals surface area contributed by atoms with Crippen molar-refractivity contribution in [1.82, 2.24) is 4.90 Å². The number of carbonyl (C=O) groups excluding carboxylic acids is 1. The van der Waals surface area contributed by atoms with Crippen LogP contribution in [0.2, 0.25) is 10.0 Å². The molecule has 5 nitrogen and oxygen atoms in total. The van der Waals surface area contributed by atoms with Crippen molar-refractivity contribution >= 4 is 38.9 Å². The Kier molecular flexibility index (Phi) is 4.76. The Balaban J connectivity index is 1.65. The zero-order chi connectivity index (χ0) is 16.6. The zero-order valence-electron chi connectivity index (χ0n) is 12.4. The van der Waals surface area contributed by atoms with E-state index in [1.54, 1.807) is 23.1 Å². The number of hydrogen-bond acceptors (Lipinski definition) is 4. The van der Waals surface area contributed by atoms with Gasteiger partial charge in [0.15, 0.2) is 16.4 Å². The van der Waals surface area contributed by atoms with Gasteiger partial charge in [-0.25, -0.2) is 8.42 Å². The number of ether oxygens (including phenoxy) is 1. The second-order valence-corrected chi connectivity index (χ2v) is 9.08. The molecule has 0 spiro atoms. The number of nitrogens with zero attached hydrogens (tertiary/aromatic N) is 1. The summed E-state index contributed by atoms with van der Waals surface area (Å²) in [6.07, 6.45) is 2.35. The topological polar surface area (TPSA) is 63.7 Å². The summed E-state index contributed by atoms with van der Waals surface area (Å²) in [6, 6.07) is 4.67. The molecule has 1 aromatic rings. The summed E-state index contributed by atoms with van der Waals surface area (Å²) < 4.78 is 28.8. The van der Waals surface area contributed by atoms with Crippen LogP contribution in [0.25, 0.3) is 0 Å². The monoisotopic (exact) mass is 377 g/mol.